The van der Waals surface area contributed by atoms with Crippen LogP contribution in [0.5, 0.6) is 11.5 Å². The highest BCUT2D eigenvalue weighted by atomic mass is 19.1. The molecule has 0 aliphatic rings. The number of aromatic nitrogens is 1. The summed E-state index contributed by atoms with van der Waals surface area (Å²) in [6.45, 7) is 1.80. The van der Waals surface area contributed by atoms with E-state index in [1.807, 2.05) is 13.0 Å². The van der Waals surface area contributed by atoms with E-state index in [2.05, 4.69) is 4.98 Å². The summed E-state index contributed by atoms with van der Waals surface area (Å²) in [7, 11) is 1.59. The van der Waals surface area contributed by atoms with E-state index in [4.69, 9.17) is 9.47 Å². The van der Waals surface area contributed by atoms with E-state index in [1.54, 1.807) is 13.2 Å². The fourth-order valence-corrected chi connectivity index (χ4v) is 1.86. The van der Waals surface area contributed by atoms with Gasteiger partial charge in [-0.25, -0.2) is 4.39 Å². The fourth-order valence-electron chi connectivity index (χ4n) is 1.86. The first-order chi connectivity index (χ1) is 9.62. The number of benzene rings is 1. The summed E-state index contributed by atoms with van der Waals surface area (Å²) in [4.78, 5) is 4.33. The van der Waals surface area contributed by atoms with Crippen molar-refractivity contribution in [3.63, 3.8) is 0 Å². The van der Waals surface area contributed by atoms with Crippen LogP contribution in [0.15, 0.2) is 30.3 Å². The number of aryl methyl sites for hydroxylation is 1. The molecule has 0 bridgehead atoms. The third-order valence-corrected chi connectivity index (χ3v) is 2.78. The van der Waals surface area contributed by atoms with Gasteiger partial charge < -0.3 is 14.6 Å². The minimum absolute atomic E-state index is 0.219. The number of rotatable bonds is 5. The zero-order valence-electron chi connectivity index (χ0n) is 11.4. The number of halogens is 1. The maximum absolute atomic E-state index is 13.1. The number of aliphatic hydroxyl groups excluding tert-OH is 1. The maximum Gasteiger partial charge on any atom is 0.130 e. The Morgan fingerprint density at radius 2 is 2.05 bits per heavy atom. The lowest BCUT2D eigenvalue weighted by Gasteiger charge is -2.11. The predicted octanol–water partition coefficient (Wildman–Crippen LogP) is 2.61. The SMILES string of the molecule is COc1cc(C)nc(COc2ccc(F)cc2CO)c1. The van der Waals surface area contributed by atoms with Crippen molar-refractivity contribution in [1.29, 1.82) is 0 Å². The van der Waals surface area contributed by atoms with Gasteiger partial charge in [0.25, 0.3) is 0 Å². The van der Waals surface area contributed by atoms with Crippen LogP contribution in [0.2, 0.25) is 0 Å². The molecule has 0 unspecified atom stereocenters. The van der Waals surface area contributed by atoms with Crippen molar-refractivity contribution in [2.45, 2.75) is 20.1 Å². The fraction of sp³-hybridized carbons (Fsp3) is 0.267. The van der Waals surface area contributed by atoms with Crippen LogP contribution in [0, 0.1) is 12.7 Å². The summed E-state index contributed by atoms with van der Waals surface area (Å²) in [6.07, 6.45) is 0. The van der Waals surface area contributed by atoms with Crippen molar-refractivity contribution in [3.8, 4) is 11.5 Å². The molecule has 0 amide bonds. The van der Waals surface area contributed by atoms with Gasteiger partial charge in [0.1, 0.15) is 23.9 Å². The lowest BCUT2D eigenvalue weighted by Crippen LogP contribution is -2.02. The molecule has 0 fully saturated rings. The zero-order valence-corrected chi connectivity index (χ0v) is 11.4. The lowest BCUT2D eigenvalue weighted by molar-refractivity contribution is 0.256. The summed E-state index contributed by atoms with van der Waals surface area (Å²) in [6, 6.07) is 7.63. The number of nitrogens with zero attached hydrogens (tertiary/aromatic N) is 1. The van der Waals surface area contributed by atoms with Gasteiger partial charge in [0.15, 0.2) is 0 Å². The molecule has 0 aliphatic carbocycles. The molecule has 0 radical (unpaired) electrons. The summed E-state index contributed by atoms with van der Waals surface area (Å²) < 4.78 is 23.8. The third kappa shape index (κ3) is 3.45. The molecular weight excluding hydrogens is 261 g/mol. The van der Waals surface area contributed by atoms with Crippen LogP contribution in [-0.4, -0.2) is 17.2 Å². The van der Waals surface area contributed by atoms with Crippen LogP contribution in [0.25, 0.3) is 0 Å². The molecule has 0 spiro atoms. The second kappa shape index (κ2) is 6.34. The maximum atomic E-state index is 13.1. The largest absolute Gasteiger partial charge is 0.497 e. The monoisotopic (exact) mass is 277 g/mol. The van der Waals surface area contributed by atoms with Gasteiger partial charge in [-0.05, 0) is 25.1 Å². The molecule has 2 aromatic rings. The average molecular weight is 277 g/mol. The molecule has 0 saturated carbocycles. The van der Waals surface area contributed by atoms with E-state index in [1.165, 1.54) is 18.2 Å². The molecule has 2 rings (SSSR count). The van der Waals surface area contributed by atoms with Crippen molar-refractivity contribution < 1.29 is 19.0 Å². The summed E-state index contributed by atoms with van der Waals surface area (Å²) >= 11 is 0. The standard InChI is InChI=1S/C15H16FNO3/c1-10-5-14(19-2)7-13(17-10)9-20-15-4-3-12(16)6-11(15)8-18/h3-7,18H,8-9H2,1-2H3. The molecule has 1 aromatic heterocycles. The van der Waals surface area contributed by atoms with Crippen LogP contribution in [0.4, 0.5) is 4.39 Å². The van der Waals surface area contributed by atoms with E-state index < -0.39 is 5.82 Å². The van der Waals surface area contributed by atoms with Gasteiger partial charge in [0.05, 0.1) is 19.4 Å². The molecule has 1 aromatic carbocycles. The van der Waals surface area contributed by atoms with Crippen LogP contribution < -0.4 is 9.47 Å². The lowest BCUT2D eigenvalue weighted by atomic mass is 10.2. The average Bonchev–Trinajstić information content (AvgIpc) is 2.45. The molecule has 20 heavy (non-hydrogen) atoms. The van der Waals surface area contributed by atoms with Crippen LogP contribution in [-0.2, 0) is 13.2 Å². The minimum atomic E-state index is -0.406. The molecule has 5 heteroatoms. The van der Waals surface area contributed by atoms with E-state index in [-0.39, 0.29) is 13.2 Å². The van der Waals surface area contributed by atoms with Crippen molar-refractivity contribution in [2.75, 3.05) is 7.11 Å². The molecule has 4 nitrogen and oxygen atoms in total. The van der Waals surface area contributed by atoms with Gasteiger partial charge in [-0.1, -0.05) is 0 Å². The molecule has 106 valence electrons. The molecule has 1 heterocycles. The Labute approximate surface area is 116 Å². The van der Waals surface area contributed by atoms with Crippen molar-refractivity contribution in [3.05, 3.63) is 53.1 Å². The molecule has 0 atom stereocenters. The van der Waals surface area contributed by atoms with Gasteiger partial charge in [0, 0.05) is 23.4 Å². The number of methoxy groups -OCH3 is 1. The second-order valence-electron chi connectivity index (χ2n) is 4.34. The van der Waals surface area contributed by atoms with E-state index in [0.717, 1.165) is 5.69 Å². The van der Waals surface area contributed by atoms with Crippen LogP contribution >= 0.6 is 0 Å². The first-order valence-electron chi connectivity index (χ1n) is 6.16. The Kier molecular flexibility index (Phi) is 4.53. The minimum Gasteiger partial charge on any atom is -0.497 e. The second-order valence-corrected chi connectivity index (χ2v) is 4.34. The highest BCUT2D eigenvalue weighted by molar-refractivity contribution is 5.34. The smallest absolute Gasteiger partial charge is 0.130 e. The first-order valence-corrected chi connectivity index (χ1v) is 6.16. The van der Waals surface area contributed by atoms with Crippen LogP contribution in [0.3, 0.4) is 0 Å². The Bertz CT molecular complexity index is 602. The number of hydrogen-bond donors (Lipinski definition) is 1. The number of pyridine rings is 1. The summed E-state index contributed by atoms with van der Waals surface area (Å²) in [5.74, 6) is 0.741. The molecule has 0 aliphatic heterocycles. The Morgan fingerprint density at radius 3 is 2.75 bits per heavy atom. The quantitative estimate of drug-likeness (QED) is 0.912. The Balaban J connectivity index is 2.14. The van der Waals surface area contributed by atoms with Gasteiger partial charge in [-0.2, -0.15) is 0 Å². The molecule has 1 N–H and O–H groups in total. The molecular formula is C15H16FNO3. The Morgan fingerprint density at radius 1 is 1.25 bits per heavy atom. The van der Waals surface area contributed by atoms with Gasteiger partial charge >= 0.3 is 0 Å². The third-order valence-electron chi connectivity index (χ3n) is 2.78. The topological polar surface area (TPSA) is 51.6 Å². The first kappa shape index (κ1) is 14.3. The van der Waals surface area contributed by atoms with Gasteiger partial charge in [-0.15, -0.1) is 0 Å². The van der Waals surface area contributed by atoms with Crippen LogP contribution in [0.1, 0.15) is 17.0 Å². The van der Waals surface area contributed by atoms with E-state index in [9.17, 15) is 9.50 Å². The predicted molar refractivity (Wildman–Crippen MR) is 72.2 cm³/mol. The summed E-state index contributed by atoms with van der Waals surface area (Å²) in [5.41, 5.74) is 1.93. The van der Waals surface area contributed by atoms with E-state index >= 15 is 0 Å². The van der Waals surface area contributed by atoms with Crippen molar-refractivity contribution in [1.82, 2.24) is 4.98 Å². The normalized spacial score (nSPS) is 10.4. The Hall–Kier alpha value is -2.14. The van der Waals surface area contributed by atoms with Crippen molar-refractivity contribution in [2.24, 2.45) is 0 Å². The summed E-state index contributed by atoms with van der Waals surface area (Å²) in [5, 5.41) is 9.18. The van der Waals surface area contributed by atoms with Gasteiger partial charge in [-0.3, -0.25) is 4.98 Å². The van der Waals surface area contributed by atoms with E-state index in [0.29, 0.717) is 22.8 Å². The zero-order chi connectivity index (χ0) is 14.5. The van der Waals surface area contributed by atoms with Crippen molar-refractivity contribution >= 4 is 0 Å². The van der Waals surface area contributed by atoms with Gasteiger partial charge in [0.2, 0.25) is 0 Å². The highest BCUT2D eigenvalue weighted by Gasteiger charge is 2.07. The highest BCUT2D eigenvalue weighted by Crippen LogP contribution is 2.21. The number of ether oxygens (including phenoxy) is 2. The number of aliphatic hydroxyl groups is 1. The number of hydrogen-bond acceptors (Lipinski definition) is 4. The molecule has 0 saturated heterocycles.